The van der Waals surface area contributed by atoms with Gasteiger partial charge in [0, 0.05) is 5.56 Å². The molecule has 16 heavy (non-hydrogen) atoms. The number of hydrogen-bond donors (Lipinski definition) is 1. The molecule has 2 nitrogen and oxygen atoms in total. The summed E-state index contributed by atoms with van der Waals surface area (Å²) in [5.74, 6) is 0.791. The van der Waals surface area contributed by atoms with Gasteiger partial charge in [-0.1, -0.05) is 30.4 Å². The Hall–Kier alpha value is -1.28. The van der Waals surface area contributed by atoms with Crippen LogP contribution in [0.3, 0.4) is 0 Å². The van der Waals surface area contributed by atoms with Gasteiger partial charge in [0.2, 0.25) is 0 Å². The highest BCUT2D eigenvalue weighted by molar-refractivity contribution is 5.41. The van der Waals surface area contributed by atoms with Gasteiger partial charge < -0.3 is 9.84 Å². The molecular formula is C14H18O2. The summed E-state index contributed by atoms with van der Waals surface area (Å²) in [5.41, 5.74) is 0.0390. The van der Waals surface area contributed by atoms with E-state index < -0.39 is 5.60 Å². The quantitative estimate of drug-likeness (QED) is 0.790. The molecule has 2 heteroatoms. The second-order valence-corrected chi connectivity index (χ2v) is 4.15. The van der Waals surface area contributed by atoms with E-state index in [1.807, 2.05) is 43.3 Å². The van der Waals surface area contributed by atoms with Crippen molar-refractivity contribution >= 4 is 0 Å². The Morgan fingerprint density at radius 1 is 1.38 bits per heavy atom. The fourth-order valence-electron chi connectivity index (χ4n) is 2.18. The molecule has 1 aromatic carbocycles. The van der Waals surface area contributed by atoms with Crippen LogP contribution in [0.2, 0.25) is 0 Å². The topological polar surface area (TPSA) is 29.5 Å². The molecule has 0 amide bonds. The van der Waals surface area contributed by atoms with Gasteiger partial charge in [0.25, 0.3) is 0 Å². The first-order valence-electron chi connectivity index (χ1n) is 5.88. The molecule has 86 valence electrons. The molecule has 2 rings (SSSR count). The molecule has 1 unspecified atom stereocenters. The summed E-state index contributed by atoms with van der Waals surface area (Å²) in [6.45, 7) is 2.58. The summed E-state index contributed by atoms with van der Waals surface area (Å²) in [6, 6.07) is 7.74. The average Bonchev–Trinajstić information content (AvgIpc) is 2.31. The number of aliphatic hydroxyl groups is 1. The monoisotopic (exact) mass is 218 g/mol. The van der Waals surface area contributed by atoms with Crippen molar-refractivity contribution in [2.75, 3.05) is 6.61 Å². The van der Waals surface area contributed by atoms with Gasteiger partial charge in [-0.15, -0.1) is 0 Å². The largest absolute Gasteiger partial charge is 0.493 e. The van der Waals surface area contributed by atoms with Crippen LogP contribution in [0.15, 0.2) is 36.4 Å². The predicted molar refractivity (Wildman–Crippen MR) is 64.5 cm³/mol. The summed E-state index contributed by atoms with van der Waals surface area (Å²) in [7, 11) is 0. The Balaban J connectivity index is 2.38. The van der Waals surface area contributed by atoms with Crippen molar-refractivity contribution in [1.29, 1.82) is 0 Å². The van der Waals surface area contributed by atoms with Gasteiger partial charge in [-0.2, -0.15) is 0 Å². The van der Waals surface area contributed by atoms with Crippen LogP contribution in [0.5, 0.6) is 5.75 Å². The molecule has 0 fully saturated rings. The summed E-state index contributed by atoms with van der Waals surface area (Å²) < 4.78 is 5.56. The number of rotatable bonds is 3. The van der Waals surface area contributed by atoms with Crippen LogP contribution in [0.25, 0.3) is 0 Å². The van der Waals surface area contributed by atoms with Crippen molar-refractivity contribution in [3.05, 3.63) is 42.0 Å². The maximum atomic E-state index is 10.6. The van der Waals surface area contributed by atoms with E-state index in [1.165, 1.54) is 0 Å². The molecule has 0 aliphatic heterocycles. The second kappa shape index (κ2) is 4.71. The van der Waals surface area contributed by atoms with E-state index in [-0.39, 0.29) is 0 Å². The first kappa shape index (κ1) is 11.2. The Morgan fingerprint density at radius 3 is 2.88 bits per heavy atom. The lowest BCUT2D eigenvalue weighted by atomic mass is 9.84. The van der Waals surface area contributed by atoms with Crippen molar-refractivity contribution in [1.82, 2.24) is 0 Å². The number of benzene rings is 1. The molecular weight excluding hydrogens is 200 g/mol. The normalized spacial score (nSPS) is 24.4. The molecule has 0 saturated heterocycles. The highest BCUT2D eigenvalue weighted by Gasteiger charge is 2.30. The lowest BCUT2D eigenvalue weighted by molar-refractivity contribution is 0.0692. The molecule has 0 bridgehead atoms. The Bertz CT molecular complexity index is 384. The minimum Gasteiger partial charge on any atom is -0.493 e. The molecule has 1 atom stereocenters. The maximum absolute atomic E-state index is 10.6. The lowest BCUT2D eigenvalue weighted by Crippen LogP contribution is -2.25. The molecule has 1 N–H and O–H groups in total. The van der Waals surface area contributed by atoms with Gasteiger partial charge in [0.15, 0.2) is 0 Å². The van der Waals surface area contributed by atoms with E-state index in [0.717, 1.165) is 30.6 Å². The van der Waals surface area contributed by atoms with Crippen LogP contribution in [0, 0.1) is 0 Å². The number of allylic oxidation sites excluding steroid dienone is 1. The zero-order valence-electron chi connectivity index (χ0n) is 9.65. The van der Waals surface area contributed by atoms with Crippen LogP contribution in [0.4, 0.5) is 0 Å². The summed E-state index contributed by atoms with van der Waals surface area (Å²) in [6.07, 6.45) is 6.79. The average molecular weight is 218 g/mol. The molecule has 1 aliphatic carbocycles. The van der Waals surface area contributed by atoms with Gasteiger partial charge >= 0.3 is 0 Å². The number of ether oxygens (including phenoxy) is 1. The Kier molecular flexibility index (Phi) is 3.30. The minimum absolute atomic E-state index is 0.622. The third-order valence-electron chi connectivity index (χ3n) is 2.98. The smallest absolute Gasteiger partial charge is 0.125 e. The zero-order valence-corrected chi connectivity index (χ0v) is 9.65. The second-order valence-electron chi connectivity index (χ2n) is 4.15. The standard InChI is InChI=1S/C14H18O2/c1-2-16-13-9-5-4-8-12(13)14(15)10-6-3-7-11-14/h4-6,8-10,15H,2-3,7,11H2,1H3. The highest BCUT2D eigenvalue weighted by Crippen LogP contribution is 2.37. The van der Waals surface area contributed by atoms with E-state index in [2.05, 4.69) is 0 Å². The predicted octanol–water partition coefficient (Wildman–Crippen LogP) is 3.01. The fraction of sp³-hybridized carbons (Fsp3) is 0.429. The van der Waals surface area contributed by atoms with Gasteiger partial charge in [-0.05, 0) is 32.3 Å². The van der Waals surface area contributed by atoms with E-state index in [4.69, 9.17) is 4.74 Å². The van der Waals surface area contributed by atoms with Gasteiger partial charge in [-0.3, -0.25) is 0 Å². The van der Waals surface area contributed by atoms with E-state index in [9.17, 15) is 5.11 Å². The zero-order chi connectivity index (χ0) is 11.4. The van der Waals surface area contributed by atoms with Crippen molar-refractivity contribution < 1.29 is 9.84 Å². The third-order valence-corrected chi connectivity index (χ3v) is 2.98. The van der Waals surface area contributed by atoms with Crippen molar-refractivity contribution in [3.63, 3.8) is 0 Å². The summed E-state index contributed by atoms with van der Waals surface area (Å²) in [5, 5.41) is 10.6. The van der Waals surface area contributed by atoms with Gasteiger partial charge in [-0.25, -0.2) is 0 Å². The van der Waals surface area contributed by atoms with E-state index >= 15 is 0 Å². The maximum Gasteiger partial charge on any atom is 0.125 e. The number of para-hydroxylation sites is 1. The molecule has 0 heterocycles. The van der Waals surface area contributed by atoms with Gasteiger partial charge in [0.1, 0.15) is 11.4 Å². The van der Waals surface area contributed by atoms with Crippen LogP contribution in [-0.4, -0.2) is 11.7 Å². The Morgan fingerprint density at radius 2 is 2.19 bits per heavy atom. The van der Waals surface area contributed by atoms with E-state index in [0.29, 0.717) is 6.61 Å². The SMILES string of the molecule is CCOc1ccccc1C1(O)C=CCCC1. The molecule has 0 radical (unpaired) electrons. The Labute approximate surface area is 96.6 Å². The third kappa shape index (κ3) is 2.12. The van der Waals surface area contributed by atoms with Crippen LogP contribution in [0.1, 0.15) is 31.7 Å². The van der Waals surface area contributed by atoms with Crippen LogP contribution in [-0.2, 0) is 5.60 Å². The first-order chi connectivity index (χ1) is 7.76. The first-order valence-corrected chi connectivity index (χ1v) is 5.88. The minimum atomic E-state index is -0.843. The molecule has 0 spiro atoms. The van der Waals surface area contributed by atoms with Crippen LogP contribution >= 0.6 is 0 Å². The van der Waals surface area contributed by atoms with Crippen molar-refractivity contribution in [3.8, 4) is 5.75 Å². The number of hydrogen-bond acceptors (Lipinski definition) is 2. The highest BCUT2D eigenvalue weighted by atomic mass is 16.5. The van der Waals surface area contributed by atoms with E-state index in [1.54, 1.807) is 0 Å². The van der Waals surface area contributed by atoms with Crippen molar-refractivity contribution in [2.24, 2.45) is 0 Å². The van der Waals surface area contributed by atoms with Crippen molar-refractivity contribution in [2.45, 2.75) is 31.8 Å². The fourth-order valence-corrected chi connectivity index (χ4v) is 2.18. The van der Waals surface area contributed by atoms with Gasteiger partial charge in [0.05, 0.1) is 6.61 Å². The molecule has 1 aliphatic rings. The molecule has 0 saturated carbocycles. The molecule has 1 aromatic rings. The molecule has 0 aromatic heterocycles. The van der Waals surface area contributed by atoms with Crippen LogP contribution < -0.4 is 4.74 Å². The summed E-state index contributed by atoms with van der Waals surface area (Å²) >= 11 is 0. The summed E-state index contributed by atoms with van der Waals surface area (Å²) in [4.78, 5) is 0. The lowest BCUT2D eigenvalue weighted by Gasteiger charge is -2.29.